The van der Waals surface area contributed by atoms with Gasteiger partial charge in [-0.2, -0.15) is 0 Å². The van der Waals surface area contributed by atoms with Crippen molar-refractivity contribution < 1.29 is 0 Å². The molecule has 9 aromatic carbocycles. The van der Waals surface area contributed by atoms with Crippen molar-refractivity contribution >= 4 is 81.9 Å². The highest BCUT2D eigenvalue weighted by atomic mass is 15.2. The Morgan fingerprint density at radius 1 is 0.368 bits per heavy atom. The number of hydrogen-bond donors (Lipinski definition) is 0. The quantitative estimate of drug-likeness (QED) is 0.177. The van der Waals surface area contributed by atoms with Crippen LogP contribution in [0.2, 0.25) is 0 Å². The average Bonchev–Trinajstić information content (AvgIpc) is 4.42. The maximum atomic E-state index is 5.48. The van der Waals surface area contributed by atoms with Gasteiger partial charge in [0.05, 0.1) is 38.6 Å². The Bertz CT molecular complexity index is 4900. The molecule has 362 valence electrons. The smallest absolute Gasteiger partial charge is 0.185 e. The SMILES string of the molecule is CC1(C)C2=C(CCC=C2)c2cc3c(cc21)c1ccccc1n3-c1c(-n2c3ccccc3c3cc4c(cc32)-c2ccccc2C4(C)C)nnc2ccc(-n3c4ccccc4c4cc5c(cc43)-c3ccccc3C5(C)C)cc12. The van der Waals surface area contributed by atoms with Gasteiger partial charge in [-0.25, -0.2) is 0 Å². The van der Waals surface area contributed by atoms with Crippen LogP contribution in [0.3, 0.4) is 0 Å². The van der Waals surface area contributed by atoms with E-state index in [2.05, 4.69) is 243 Å². The summed E-state index contributed by atoms with van der Waals surface area (Å²) in [5.74, 6) is 0.796. The maximum absolute atomic E-state index is 5.48. The number of para-hydroxylation sites is 3. The van der Waals surface area contributed by atoms with Gasteiger partial charge in [-0.05, 0) is 152 Å². The van der Waals surface area contributed by atoms with E-state index in [0.717, 1.165) is 57.5 Å². The van der Waals surface area contributed by atoms with Crippen LogP contribution in [0, 0.1) is 0 Å². The topological polar surface area (TPSA) is 40.6 Å². The maximum Gasteiger partial charge on any atom is 0.185 e. The van der Waals surface area contributed by atoms with Crippen molar-refractivity contribution in [1.82, 2.24) is 23.9 Å². The summed E-state index contributed by atoms with van der Waals surface area (Å²) in [6, 6.07) is 66.6. The Morgan fingerprint density at radius 3 is 1.46 bits per heavy atom. The Labute approximate surface area is 440 Å². The van der Waals surface area contributed by atoms with E-state index in [1.54, 1.807) is 0 Å². The summed E-state index contributed by atoms with van der Waals surface area (Å²) in [6.45, 7) is 14.3. The van der Waals surface area contributed by atoms with Crippen LogP contribution in [0.25, 0.3) is 121 Å². The number of allylic oxidation sites excluding steroid dienone is 4. The van der Waals surface area contributed by atoms with Gasteiger partial charge in [0.2, 0.25) is 0 Å². The minimum absolute atomic E-state index is 0.110. The minimum atomic E-state index is -0.151. The molecule has 0 saturated heterocycles. The van der Waals surface area contributed by atoms with Gasteiger partial charge in [0, 0.05) is 59.6 Å². The third-order valence-electron chi connectivity index (χ3n) is 18.8. The highest BCUT2D eigenvalue weighted by Gasteiger charge is 2.40. The van der Waals surface area contributed by atoms with Gasteiger partial charge in [0.25, 0.3) is 0 Å². The molecular weight excluding hydrogens is 923 g/mol. The number of nitrogens with zero attached hydrogens (tertiary/aromatic N) is 5. The molecule has 4 aromatic heterocycles. The fourth-order valence-corrected chi connectivity index (χ4v) is 15.1. The van der Waals surface area contributed by atoms with Crippen LogP contribution in [0.5, 0.6) is 0 Å². The second-order valence-electron chi connectivity index (χ2n) is 23.7. The predicted molar refractivity (Wildman–Crippen MR) is 316 cm³/mol. The predicted octanol–water partition coefficient (Wildman–Crippen LogP) is 17.9. The normalized spacial score (nSPS) is 16.4. The summed E-state index contributed by atoms with van der Waals surface area (Å²) in [6.07, 6.45) is 6.86. The Hall–Kier alpha value is -8.80. The monoisotopic (exact) mass is 975 g/mol. The van der Waals surface area contributed by atoms with Gasteiger partial charge in [-0.3, -0.25) is 4.57 Å². The highest BCUT2D eigenvalue weighted by molar-refractivity contribution is 6.16. The van der Waals surface area contributed by atoms with Crippen molar-refractivity contribution in [3.8, 4) is 39.4 Å². The first-order chi connectivity index (χ1) is 37.0. The fraction of sp³-hybridized carbons (Fsp3) is 0.155. The summed E-state index contributed by atoms with van der Waals surface area (Å²) in [4.78, 5) is 0. The fourth-order valence-electron chi connectivity index (χ4n) is 15.1. The molecule has 13 aromatic rings. The van der Waals surface area contributed by atoms with Crippen molar-refractivity contribution in [2.45, 2.75) is 70.6 Å². The van der Waals surface area contributed by atoms with Gasteiger partial charge < -0.3 is 9.13 Å². The molecule has 0 saturated carbocycles. The average molecular weight is 976 g/mol. The molecule has 0 atom stereocenters. The number of benzene rings is 9. The molecule has 0 N–H and O–H groups in total. The molecule has 4 aliphatic carbocycles. The molecular formula is C71H53N5. The van der Waals surface area contributed by atoms with Gasteiger partial charge in [-0.15, -0.1) is 10.2 Å². The number of aromatic nitrogens is 5. The lowest BCUT2D eigenvalue weighted by Crippen LogP contribution is -2.16. The zero-order chi connectivity index (χ0) is 50.7. The summed E-state index contributed by atoms with van der Waals surface area (Å²) in [5, 5.41) is 19.2. The van der Waals surface area contributed by atoms with Gasteiger partial charge in [-0.1, -0.05) is 157 Å². The molecule has 0 radical (unpaired) electrons. The molecule has 76 heavy (non-hydrogen) atoms. The Morgan fingerprint density at radius 2 is 0.855 bits per heavy atom. The van der Waals surface area contributed by atoms with Gasteiger partial charge >= 0.3 is 0 Å². The summed E-state index contributed by atoms with van der Waals surface area (Å²) in [5.41, 5.74) is 25.8. The lowest BCUT2D eigenvalue weighted by molar-refractivity contribution is 0.652. The molecule has 0 bridgehead atoms. The van der Waals surface area contributed by atoms with Crippen LogP contribution < -0.4 is 0 Å². The molecule has 0 amide bonds. The van der Waals surface area contributed by atoms with Crippen LogP contribution in [0.15, 0.2) is 194 Å². The van der Waals surface area contributed by atoms with Crippen LogP contribution in [-0.2, 0) is 16.2 Å². The first-order valence-electron chi connectivity index (χ1n) is 27.1. The van der Waals surface area contributed by atoms with E-state index in [4.69, 9.17) is 10.2 Å². The van der Waals surface area contributed by atoms with Crippen molar-refractivity contribution in [1.29, 1.82) is 0 Å². The highest BCUT2D eigenvalue weighted by Crippen LogP contribution is 2.55. The molecule has 0 spiro atoms. The summed E-state index contributed by atoms with van der Waals surface area (Å²) >= 11 is 0. The van der Waals surface area contributed by atoms with Crippen molar-refractivity contribution in [3.05, 3.63) is 227 Å². The summed E-state index contributed by atoms with van der Waals surface area (Å²) in [7, 11) is 0. The standard InChI is InChI=1S/C71H53N5/c1-69(2)54-25-13-7-19-41(54)47-37-64-50(34-57(47)69)44-22-10-16-28-61(44)74(64)40-31-32-60-53(33-40)67(75-62-29-17-11-23-45(62)51-35-58-48(38-65(51)75)42-20-8-14-26-55(42)70(58,3)4)68(73-72-60)76-63-30-18-12-24-46(63)52-36-59-49(39-66(52)76)43-21-9-15-27-56(43)71(59,5)6/h7,9-19,21-39H,8,20H2,1-6H3. The van der Waals surface area contributed by atoms with Crippen LogP contribution in [0.4, 0.5) is 0 Å². The minimum Gasteiger partial charge on any atom is -0.309 e. The van der Waals surface area contributed by atoms with Gasteiger partial charge in [0.1, 0.15) is 5.69 Å². The van der Waals surface area contributed by atoms with E-state index in [1.807, 2.05) is 0 Å². The van der Waals surface area contributed by atoms with E-state index in [9.17, 15) is 0 Å². The molecule has 5 heteroatoms. The van der Waals surface area contributed by atoms with E-state index in [0.29, 0.717) is 0 Å². The molecule has 0 unspecified atom stereocenters. The zero-order valence-electron chi connectivity index (χ0n) is 43.5. The summed E-state index contributed by atoms with van der Waals surface area (Å²) < 4.78 is 7.48. The second-order valence-corrected chi connectivity index (χ2v) is 23.7. The van der Waals surface area contributed by atoms with E-state index in [1.165, 1.54) is 116 Å². The van der Waals surface area contributed by atoms with Crippen LogP contribution in [-0.4, -0.2) is 23.9 Å². The number of hydrogen-bond acceptors (Lipinski definition) is 2. The zero-order valence-corrected chi connectivity index (χ0v) is 43.5. The van der Waals surface area contributed by atoms with Crippen molar-refractivity contribution in [2.24, 2.45) is 0 Å². The Balaban J connectivity index is 1.02. The molecule has 4 aliphatic rings. The lowest BCUT2D eigenvalue weighted by atomic mass is 9.80. The van der Waals surface area contributed by atoms with E-state index < -0.39 is 0 Å². The third kappa shape index (κ3) is 5.21. The molecule has 0 aliphatic heterocycles. The van der Waals surface area contributed by atoms with Crippen molar-refractivity contribution in [2.75, 3.05) is 0 Å². The molecule has 17 rings (SSSR count). The van der Waals surface area contributed by atoms with Crippen LogP contribution >= 0.6 is 0 Å². The number of fused-ring (bicyclic) bond motifs is 18. The lowest BCUT2D eigenvalue weighted by Gasteiger charge is -2.24. The van der Waals surface area contributed by atoms with Crippen LogP contribution in [0.1, 0.15) is 87.8 Å². The van der Waals surface area contributed by atoms with E-state index >= 15 is 0 Å². The van der Waals surface area contributed by atoms with Crippen molar-refractivity contribution in [3.63, 3.8) is 0 Å². The number of rotatable bonds is 3. The third-order valence-corrected chi connectivity index (χ3v) is 18.8. The second kappa shape index (κ2) is 14.3. The Kier molecular flexibility index (Phi) is 8.01. The largest absolute Gasteiger partial charge is 0.309 e. The van der Waals surface area contributed by atoms with Gasteiger partial charge in [0.15, 0.2) is 5.82 Å². The first-order valence-corrected chi connectivity index (χ1v) is 27.1. The first kappa shape index (κ1) is 42.5. The molecule has 5 nitrogen and oxygen atoms in total. The molecule has 4 heterocycles. The molecule has 0 fully saturated rings. The van der Waals surface area contributed by atoms with E-state index in [-0.39, 0.29) is 16.2 Å².